The Kier molecular flexibility index (Phi) is 14.6. The van der Waals surface area contributed by atoms with Crippen LogP contribution in [-0.4, -0.2) is 102 Å². The molecule has 0 spiro atoms. The highest BCUT2D eigenvalue weighted by molar-refractivity contribution is 14.1. The van der Waals surface area contributed by atoms with Gasteiger partial charge in [0.15, 0.2) is 43.3 Å². The molecule has 11 atom stereocenters. The normalized spacial score (nSPS) is 30.6. The lowest BCUT2D eigenvalue weighted by Gasteiger charge is -2.50. The van der Waals surface area contributed by atoms with Crippen LogP contribution in [0.5, 0.6) is 0 Å². The summed E-state index contributed by atoms with van der Waals surface area (Å²) in [5.41, 5.74) is 1.64. The zero-order chi connectivity index (χ0) is 39.1. The Balaban J connectivity index is 1.44. The molecule has 1 amide bonds. The van der Waals surface area contributed by atoms with Crippen molar-refractivity contribution in [3.05, 3.63) is 64.7 Å². The van der Waals surface area contributed by atoms with E-state index in [-0.39, 0.29) is 23.5 Å². The number of anilines is 1. The minimum absolute atomic E-state index is 0.0285. The van der Waals surface area contributed by atoms with Crippen molar-refractivity contribution in [2.24, 2.45) is 0 Å². The molecule has 3 fully saturated rings. The van der Waals surface area contributed by atoms with Gasteiger partial charge >= 0.3 is 23.9 Å². The second-order valence-electron chi connectivity index (χ2n) is 12.6. The quantitative estimate of drug-likeness (QED) is 0.140. The maximum absolute atomic E-state index is 12.6. The molecule has 54 heavy (non-hydrogen) atoms. The third-order valence-electron chi connectivity index (χ3n) is 8.35. The van der Waals surface area contributed by atoms with Gasteiger partial charge in [0.25, 0.3) is 0 Å². The fraction of sp³-hybridized carbons (Fsp3) is 0.528. The maximum atomic E-state index is 12.6. The number of alkyl halides is 1. The zero-order valence-corrected chi connectivity index (χ0v) is 32.9. The summed E-state index contributed by atoms with van der Waals surface area (Å²) in [7, 11) is 0. The largest absolute Gasteiger partial charge is 0.455 e. The van der Waals surface area contributed by atoms with E-state index in [1.165, 1.54) is 27.7 Å². The van der Waals surface area contributed by atoms with Crippen LogP contribution in [0.25, 0.3) is 0 Å². The summed E-state index contributed by atoms with van der Waals surface area (Å²) in [6, 6.07) is 14.0. The fourth-order valence-electron chi connectivity index (χ4n) is 6.30. The highest BCUT2D eigenvalue weighted by Crippen LogP contribution is 2.39. The van der Waals surface area contributed by atoms with E-state index in [1.807, 2.05) is 52.9 Å². The van der Waals surface area contributed by atoms with Gasteiger partial charge in [-0.1, -0.05) is 70.6 Å². The molecule has 1 N–H and O–H groups in total. The first-order valence-electron chi connectivity index (χ1n) is 16.9. The van der Waals surface area contributed by atoms with Crippen LogP contribution in [0.15, 0.2) is 48.5 Å². The van der Waals surface area contributed by atoms with E-state index in [1.54, 1.807) is 18.2 Å². The number of fused-ring (bicyclic) bond motifs is 1. The second kappa shape index (κ2) is 18.9. The van der Waals surface area contributed by atoms with Crippen molar-refractivity contribution < 1.29 is 71.3 Å². The van der Waals surface area contributed by atoms with Crippen molar-refractivity contribution in [3.63, 3.8) is 0 Å². The van der Waals surface area contributed by atoms with Gasteiger partial charge in [-0.15, -0.1) is 0 Å². The van der Waals surface area contributed by atoms with E-state index >= 15 is 0 Å². The van der Waals surface area contributed by atoms with Gasteiger partial charge < -0.3 is 52.7 Å². The molecule has 0 saturated carbocycles. The van der Waals surface area contributed by atoms with E-state index < -0.39 is 91.6 Å². The Bertz CT molecular complexity index is 1670. The van der Waals surface area contributed by atoms with Gasteiger partial charge in [-0.25, -0.2) is 0 Å². The summed E-state index contributed by atoms with van der Waals surface area (Å²) in [5.74, 6) is -3.23. The van der Waals surface area contributed by atoms with Crippen LogP contribution < -0.4 is 5.32 Å². The lowest BCUT2D eigenvalue weighted by Crippen LogP contribution is -2.67. The van der Waals surface area contributed by atoms with Crippen molar-refractivity contribution in [2.45, 2.75) is 109 Å². The number of nitrogens with one attached hydrogen (secondary N) is 1. The Morgan fingerprint density at radius 1 is 0.759 bits per heavy atom. The van der Waals surface area contributed by atoms with Crippen molar-refractivity contribution in [3.8, 4) is 0 Å². The molecule has 18 heteroatoms. The molecular weight excluding hydrogens is 849 g/mol. The molecule has 3 heterocycles. The number of hydrogen-bond acceptors (Lipinski definition) is 15. The summed E-state index contributed by atoms with van der Waals surface area (Å²) in [5, 5.41) is 2.95. The van der Waals surface area contributed by atoms with Gasteiger partial charge in [0.05, 0.1) is 30.0 Å². The molecule has 16 nitrogen and oxygen atoms in total. The van der Waals surface area contributed by atoms with Crippen LogP contribution >= 0.6 is 34.2 Å². The van der Waals surface area contributed by atoms with E-state index in [9.17, 15) is 24.0 Å². The highest BCUT2D eigenvalue weighted by Gasteiger charge is 2.57. The minimum atomic E-state index is -1.46. The average molecular weight is 890 g/mol. The Hall–Kier alpha value is -3.43. The number of benzene rings is 2. The average Bonchev–Trinajstić information content (AvgIpc) is 3.11. The van der Waals surface area contributed by atoms with Gasteiger partial charge in [-0.3, -0.25) is 24.0 Å². The third kappa shape index (κ3) is 10.7. The molecule has 1 unspecified atom stereocenters. The molecule has 2 aromatic carbocycles. The number of esters is 4. The SMILES string of the molecule is CC(=O)Nc1cc(CO[C@@H]2O[C@H](CI)[C@@H](O[C@H]3O[C@@H]4COC(c5ccccc5)O[C@H]4[C@H](OC(C)=O)[C@H]3OC(C)=O)[C@H](OC(C)=O)[C@H]2OC(C)=O)ccc1Cl. The van der Waals surface area contributed by atoms with Crippen LogP contribution in [0.2, 0.25) is 5.02 Å². The second-order valence-corrected chi connectivity index (χ2v) is 13.9. The first kappa shape index (κ1) is 41.7. The van der Waals surface area contributed by atoms with Gasteiger partial charge in [0, 0.05) is 44.6 Å². The molecule has 0 bridgehead atoms. The molecular formula is C36H41ClINO15. The number of carbonyl (C=O) groups excluding carboxylic acids is 5. The number of amides is 1. The number of halogens is 2. The molecule has 0 aliphatic carbocycles. The number of carbonyl (C=O) groups is 5. The smallest absolute Gasteiger partial charge is 0.303 e. The Morgan fingerprint density at radius 2 is 1.37 bits per heavy atom. The summed E-state index contributed by atoms with van der Waals surface area (Å²) < 4.78 is 60.6. The van der Waals surface area contributed by atoms with Crippen molar-refractivity contribution >= 4 is 69.7 Å². The van der Waals surface area contributed by atoms with E-state index in [2.05, 4.69) is 5.32 Å². The monoisotopic (exact) mass is 889 g/mol. The van der Waals surface area contributed by atoms with Crippen molar-refractivity contribution in [1.82, 2.24) is 0 Å². The molecule has 0 radical (unpaired) electrons. The van der Waals surface area contributed by atoms with Crippen LogP contribution in [-0.2, 0) is 77.9 Å². The first-order chi connectivity index (χ1) is 25.7. The summed E-state index contributed by atoms with van der Waals surface area (Å²) >= 11 is 8.28. The van der Waals surface area contributed by atoms with Crippen LogP contribution in [0.3, 0.4) is 0 Å². The first-order valence-corrected chi connectivity index (χ1v) is 18.8. The zero-order valence-electron chi connectivity index (χ0n) is 30.0. The van der Waals surface area contributed by atoms with E-state index in [0.29, 0.717) is 21.8 Å². The van der Waals surface area contributed by atoms with Gasteiger partial charge in [-0.05, 0) is 17.7 Å². The Morgan fingerprint density at radius 3 is 1.98 bits per heavy atom. The molecule has 3 aliphatic rings. The summed E-state index contributed by atoms with van der Waals surface area (Å²) in [6.45, 7) is 5.92. The van der Waals surface area contributed by atoms with Crippen molar-refractivity contribution in [2.75, 3.05) is 16.4 Å². The molecule has 2 aromatic rings. The standard InChI is InChI=1S/C36H41ClINO15/c1-17(40)39-25-13-22(11-12-24(25)37)15-45-35-32(49-20(4)43)30(47-18(2)41)28(26(14-38)51-35)54-36-33(50-21(5)44)31(48-19(3)42)29-27(52-36)16-46-34(53-29)23-9-7-6-8-10-23/h6-13,26-36H,14-16H2,1-5H3,(H,39,40)/t26-,27-,28-,29-,30+,31+,32-,33-,34?,35-,36-/m1/s1. The number of ether oxygens (including phenoxy) is 10. The minimum Gasteiger partial charge on any atom is -0.455 e. The third-order valence-corrected chi connectivity index (χ3v) is 9.55. The van der Waals surface area contributed by atoms with E-state index in [0.717, 1.165) is 6.92 Å². The number of hydrogen-bond donors (Lipinski definition) is 1. The molecule has 294 valence electrons. The van der Waals surface area contributed by atoms with Crippen LogP contribution in [0.1, 0.15) is 52.0 Å². The summed E-state index contributed by atoms with van der Waals surface area (Å²) in [6.07, 6.45) is -12.9. The predicted molar refractivity (Wildman–Crippen MR) is 194 cm³/mol. The van der Waals surface area contributed by atoms with E-state index in [4.69, 9.17) is 59.0 Å². The molecule has 3 aliphatic heterocycles. The van der Waals surface area contributed by atoms with Gasteiger partial charge in [-0.2, -0.15) is 0 Å². The summed E-state index contributed by atoms with van der Waals surface area (Å²) in [4.78, 5) is 61.7. The van der Waals surface area contributed by atoms with Crippen LogP contribution in [0.4, 0.5) is 5.69 Å². The molecule has 5 rings (SSSR count). The lowest BCUT2D eigenvalue weighted by atomic mass is 9.95. The van der Waals surface area contributed by atoms with Crippen molar-refractivity contribution in [1.29, 1.82) is 0 Å². The molecule has 0 aromatic heterocycles. The highest BCUT2D eigenvalue weighted by atomic mass is 127. The predicted octanol–water partition coefficient (Wildman–Crippen LogP) is 3.93. The van der Waals surface area contributed by atoms with Crippen LogP contribution in [0, 0.1) is 0 Å². The van der Waals surface area contributed by atoms with Gasteiger partial charge in [0.1, 0.15) is 18.3 Å². The topological polar surface area (TPSA) is 190 Å². The maximum Gasteiger partial charge on any atom is 0.303 e. The Labute approximate surface area is 329 Å². The number of rotatable bonds is 12. The fourth-order valence-corrected chi connectivity index (χ4v) is 7.18. The lowest BCUT2D eigenvalue weighted by molar-refractivity contribution is -0.384. The molecule has 3 saturated heterocycles. The van der Waals surface area contributed by atoms with Gasteiger partial charge in [0.2, 0.25) is 5.91 Å².